The van der Waals surface area contributed by atoms with Gasteiger partial charge in [-0.3, -0.25) is 0 Å². The Morgan fingerprint density at radius 3 is 2.94 bits per heavy atom. The second kappa shape index (κ2) is 4.36. The van der Waals surface area contributed by atoms with E-state index in [2.05, 4.69) is 10.5 Å². The number of nitriles is 1. The molecule has 0 aliphatic heterocycles. The van der Waals surface area contributed by atoms with E-state index in [0.29, 0.717) is 17.8 Å². The van der Waals surface area contributed by atoms with Crippen molar-refractivity contribution in [3.63, 3.8) is 0 Å². The minimum absolute atomic E-state index is 0.510. The van der Waals surface area contributed by atoms with Gasteiger partial charge in [-0.15, -0.1) is 0 Å². The number of anilines is 2. The molecule has 0 atom stereocenters. The molecule has 0 radical (unpaired) electrons. The molecule has 0 saturated heterocycles. The summed E-state index contributed by atoms with van der Waals surface area (Å²) in [5.74, 6) is 0.726. The molecule has 0 saturated carbocycles. The van der Waals surface area contributed by atoms with Crippen molar-refractivity contribution in [2.75, 3.05) is 11.1 Å². The van der Waals surface area contributed by atoms with Gasteiger partial charge in [0.25, 0.3) is 0 Å². The number of nitrogens with two attached hydrogens (primary N) is 1. The van der Waals surface area contributed by atoms with Crippen molar-refractivity contribution in [2.24, 2.45) is 0 Å². The fourth-order valence-electron chi connectivity index (χ4n) is 1.31. The van der Waals surface area contributed by atoms with Gasteiger partial charge in [-0.25, -0.2) is 0 Å². The molecule has 3 N–H and O–H groups in total. The first-order valence-corrected chi connectivity index (χ1v) is 4.72. The highest BCUT2D eigenvalue weighted by Crippen LogP contribution is 2.20. The largest absolute Gasteiger partial charge is 0.397 e. The SMILES string of the molecule is N#Cc1ccc(NCc2ccno2)c(N)c1. The second-order valence-corrected chi connectivity index (χ2v) is 3.25. The highest BCUT2D eigenvalue weighted by atomic mass is 16.5. The molecule has 2 aromatic rings. The maximum absolute atomic E-state index is 8.68. The Morgan fingerprint density at radius 2 is 2.31 bits per heavy atom. The van der Waals surface area contributed by atoms with Gasteiger partial charge in [-0.2, -0.15) is 5.26 Å². The minimum Gasteiger partial charge on any atom is -0.397 e. The molecule has 0 amide bonds. The molecule has 80 valence electrons. The highest BCUT2D eigenvalue weighted by Gasteiger charge is 2.02. The van der Waals surface area contributed by atoms with Crippen LogP contribution in [-0.2, 0) is 6.54 Å². The van der Waals surface area contributed by atoms with Crippen molar-refractivity contribution in [3.05, 3.63) is 41.8 Å². The average molecular weight is 214 g/mol. The summed E-state index contributed by atoms with van der Waals surface area (Å²) in [6, 6.07) is 8.90. The van der Waals surface area contributed by atoms with E-state index in [9.17, 15) is 0 Å². The summed E-state index contributed by atoms with van der Waals surface area (Å²) < 4.78 is 4.93. The number of hydrogen-bond donors (Lipinski definition) is 2. The summed E-state index contributed by atoms with van der Waals surface area (Å²) in [5.41, 5.74) is 7.63. The first-order chi connectivity index (χ1) is 7.79. The number of benzene rings is 1. The fraction of sp³-hybridized carbons (Fsp3) is 0.0909. The summed E-state index contributed by atoms with van der Waals surface area (Å²) in [4.78, 5) is 0. The zero-order chi connectivity index (χ0) is 11.4. The third-order valence-electron chi connectivity index (χ3n) is 2.12. The summed E-state index contributed by atoms with van der Waals surface area (Å²) in [7, 11) is 0. The average Bonchev–Trinajstić information content (AvgIpc) is 2.80. The smallest absolute Gasteiger partial charge is 0.155 e. The molecule has 5 nitrogen and oxygen atoms in total. The maximum atomic E-state index is 8.68. The molecule has 1 heterocycles. The molecule has 1 aromatic heterocycles. The zero-order valence-corrected chi connectivity index (χ0v) is 8.47. The van der Waals surface area contributed by atoms with Gasteiger partial charge in [0, 0.05) is 6.07 Å². The van der Waals surface area contributed by atoms with Gasteiger partial charge in [0.2, 0.25) is 0 Å². The third kappa shape index (κ3) is 2.12. The number of nitrogen functional groups attached to an aromatic ring is 1. The molecule has 16 heavy (non-hydrogen) atoms. The molecule has 1 aromatic carbocycles. The summed E-state index contributed by atoms with van der Waals surface area (Å²) in [6.07, 6.45) is 1.58. The lowest BCUT2D eigenvalue weighted by Crippen LogP contribution is -2.01. The van der Waals surface area contributed by atoms with Crippen LogP contribution in [0.1, 0.15) is 11.3 Å². The Morgan fingerprint density at radius 1 is 1.44 bits per heavy atom. The van der Waals surface area contributed by atoms with Crippen molar-refractivity contribution in [2.45, 2.75) is 6.54 Å². The van der Waals surface area contributed by atoms with Crippen molar-refractivity contribution in [1.82, 2.24) is 5.16 Å². The zero-order valence-electron chi connectivity index (χ0n) is 8.47. The second-order valence-electron chi connectivity index (χ2n) is 3.25. The maximum Gasteiger partial charge on any atom is 0.155 e. The Kier molecular flexibility index (Phi) is 2.74. The van der Waals surface area contributed by atoms with Crippen LogP contribution in [0.5, 0.6) is 0 Å². The van der Waals surface area contributed by atoms with Crippen LogP contribution in [0.15, 0.2) is 35.0 Å². The standard InChI is InChI=1S/C11H10N4O/c12-6-8-1-2-11(10(13)5-8)14-7-9-3-4-15-16-9/h1-5,14H,7,13H2. The van der Waals surface area contributed by atoms with Gasteiger partial charge in [0.05, 0.1) is 35.7 Å². The number of nitrogens with zero attached hydrogens (tertiary/aromatic N) is 2. The van der Waals surface area contributed by atoms with Crippen LogP contribution in [0.25, 0.3) is 0 Å². The quantitative estimate of drug-likeness (QED) is 0.760. The van der Waals surface area contributed by atoms with Gasteiger partial charge in [0.15, 0.2) is 5.76 Å². The van der Waals surface area contributed by atoms with Crippen molar-refractivity contribution >= 4 is 11.4 Å². The molecule has 0 aliphatic rings. The van der Waals surface area contributed by atoms with Crippen LogP contribution >= 0.6 is 0 Å². The predicted molar refractivity (Wildman–Crippen MR) is 59.4 cm³/mol. The predicted octanol–water partition coefficient (Wildman–Crippen LogP) is 1.74. The third-order valence-corrected chi connectivity index (χ3v) is 2.12. The Balaban J connectivity index is 2.08. The lowest BCUT2D eigenvalue weighted by molar-refractivity contribution is 0.388. The van der Waals surface area contributed by atoms with Crippen molar-refractivity contribution < 1.29 is 4.52 Å². The summed E-state index contributed by atoms with van der Waals surface area (Å²) >= 11 is 0. The Hall–Kier alpha value is -2.48. The lowest BCUT2D eigenvalue weighted by Gasteiger charge is -2.07. The van der Waals surface area contributed by atoms with E-state index in [1.807, 2.05) is 6.07 Å². The number of rotatable bonds is 3. The van der Waals surface area contributed by atoms with Crippen LogP contribution in [0.4, 0.5) is 11.4 Å². The first-order valence-electron chi connectivity index (χ1n) is 4.72. The molecular weight excluding hydrogens is 204 g/mol. The molecule has 0 aliphatic carbocycles. The van der Waals surface area contributed by atoms with Gasteiger partial charge in [-0.05, 0) is 18.2 Å². The van der Waals surface area contributed by atoms with Gasteiger partial charge < -0.3 is 15.6 Å². The highest BCUT2D eigenvalue weighted by molar-refractivity contribution is 5.68. The van der Waals surface area contributed by atoms with E-state index in [4.69, 9.17) is 15.5 Å². The summed E-state index contributed by atoms with van der Waals surface area (Å²) in [5, 5.41) is 15.4. The van der Waals surface area contributed by atoms with Crippen molar-refractivity contribution in [3.8, 4) is 6.07 Å². The van der Waals surface area contributed by atoms with Gasteiger partial charge in [-0.1, -0.05) is 5.16 Å². The lowest BCUT2D eigenvalue weighted by atomic mass is 10.2. The topological polar surface area (TPSA) is 87.9 Å². The van der Waals surface area contributed by atoms with Gasteiger partial charge in [0.1, 0.15) is 0 Å². The van der Waals surface area contributed by atoms with Crippen LogP contribution in [-0.4, -0.2) is 5.16 Å². The minimum atomic E-state index is 0.510. The molecule has 0 fully saturated rings. The molecule has 0 spiro atoms. The van der Waals surface area contributed by atoms with Crippen LogP contribution < -0.4 is 11.1 Å². The van der Waals surface area contributed by atoms with Crippen LogP contribution in [0.3, 0.4) is 0 Å². The summed E-state index contributed by atoms with van der Waals surface area (Å²) in [6.45, 7) is 0.510. The number of hydrogen-bond acceptors (Lipinski definition) is 5. The van der Waals surface area contributed by atoms with Crippen LogP contribution in [0, 0.1) is 11.3 Å². The Labute approximate surface area is 92.5 Å². The van der Waals surface area contributed by atoms with E-state index < -0.39 is 0 Å². The first kappa shape index (κ1) is 10.1. The Bertz CT molecular complexity index is 513. The van der Waals surface area contributed by atoms with Crippen molar-refractivity contribution in [1.29, 1.82) is 5.26 Å². The molecule has 0 unspecified atom stereocenters. The molecule has 2 rings (SSSR count). The number of nitrogens with one attached hydrogen (secondary N) is 1. The van der Waals surface area contributed by atoms with E-state index in [0.717, 1.165) is 11.4 Å². The number of aromatic nitrogens is 1. The van der Waals surface area contributed by atoms with E-state index in [-0.39, 0.29) is 0 Å². The fourth-order valence-corrected chi connectivity index (χ4v) is 1.31. The van der Waals surface area contributed by atoms with Gasteiger partial charge >= 0.3 is 0 Å². The monoisotopic (exact) mass is 214 g/mol. The van der Waals surface area contributed by atoms with E-state index in [1.165, 1.54) is 0 Å². The van der Waals surface area contributed by atoms with Crippen LogP contribution in [0.2, 0.25) is 0 Å². The van der Waals surface area contributed by atoms with E-state index in [1.54, 1.807) is 30.5 Å². The molecule has 5 heteroatoms. The molecular formula is C11H10N4O. The van der Waals surface area contributed by atoms with E-state index >= 15 is 0 Å². The normalized spacial score (nSPS) is 9.69. The molecule has 0 bridgehead atoms.